The highest BCUT2D eigenvalue weighted by molar-refractivity contribution is 7.17. The van der Waals surface area contributed by atoms with E-state index in [-0.39, 0.29) is 6.10 Å². The highest BCUT2D eigenvalue weighted by atomic mass is 32.1. The summed E-state index contributed by atoms with van der Waals surface area (Å²) in [6.45, 7) is 0. The number of aliphatic hydroxyl groups is 1. The topological polar surface area (TPSA) is 37.5 Å². The van der Waals surface area contributed by atoms with Gasteiger partial charge in [-0.05, 0) is 49.4 Å². The minimum absolute atomic E-state index is 0.283. The van der Waals surface area contributed by atoms with Gasteiger partial charge in [0.05, 0.1) is 18.0 Å². The van der Waals surface area contributed by atoms with Gasteiger partial charge >= 0.3 is 0 Å². The number of imidazole rings is 1. The van der Waals surface area contributed by atoms with Crippen molar-refractivity contribution >= 4 is 16.2 Å². The van der Waals surface area contributed by atoms with E-state index in [4.69, 9.17) is 0 Å². The van der Waals surface area contributed by atoms with Crippen LogP contribution in [0.15, 0.2) is 12.5 Å². The van der Waals surface area contributed by atoms with Gasteiger partial charge in [-0.1, -0.05) is 19.3 Å². The van der Waals surface area contributed by atoms with Crippen molar-refractivity contribution in [3.05, 3.63) is 23.1 Å². The Morgan fingerprint density at radius 1 is 1.19 bits per heavy atom. The Morgan fingerprint density at radius 3 is 2.67 bits per heavy atom. The lowest BCUT2D eigenvalue weighted by atomic mass is 9.94. The molecule has 3 nitrogen and oxygen atoms in total. The fraction of sp³-hybridized carbons (Fsp3) is 0.706. The summed E-state index contributed by atoms with van der Waals surface area (Å²) in [6.07, 6.45) is 12.8. The van der Waals surface area contributed by atoms with E-state index < -0.39 is 0 Å². The minimum atomic E-state index is -0.283. The smallest absolute Gasteiger partial charge is 0.120 e. The van der Waals surface area contributed by atoms with E-state index in [0.29, 0.717) is 11.8 Å². The van der Waals surface area contributed by atoms with Gasteiger partial charge < -0.3 is 5.11 Å². The van der Waals surface area contributed by atoms with Crippen LogP contribution in [0.5, 0.6) is 0 Å². The van der Waals surface area contributed by atoms with Gasteiger partial charge in [-0.2, -0.15) is 0 Å². The fourth-order valence-corrected chi connectivity index (χ4v) is 6.15. The van der Waals surface area contributed by atoms with E-state index in [1.807, 2.05) is 23.9 Å². The Bertz CT molecular complexity index is 659. The van der Waals surface area contributed by atoms with Gasteiger partial charge in [-0.3, -0.25) is 4.40 Å². The molecule has 0 aliphatic heterocycles. The van der Waals surface area contributed by atoms with E-state index in [1.54, 1.807) is 0 Å². The Morgan fingerprint density at radius 2 is 1.95 bits per heavy atom. The minimum Gasteiger partial charge on any atom is -0.387 e. The quantitative estimate of drug-likeness (QED) is 0.925. The van der Waals surface area contributed by atoms with Crippen LogP contribution in [-0.2, 0) is 0 Å². The van der Waals surface area contributed by atoms with Gasteiger partial charge in [0.15, 0.2) is 0 Å². The van der Waals surface area contributed by atoms with Gasteiger partial charge in [0.2, 0.25) is 0 Å². The van der Waals surface area contributed by atoms with Crippen LogP contribution in [0.2, 0.25) is 0 Å². The van der Waals surface area contributed by atoms with Crippen LogP contribution in [-0.4, -0.2) is 14.5 Å². The number of hydrogen-bond acceptors (Lipinski definition) is 3. The normalized spacial score (nSPS) is 33.7. The van der Waals surface area contributed by atoms with E-state index in [2.05, 4.69) is 9.38 Å². The SMILES string of the molecule is OC(c1c(C2CC2)sc2cncn12)C1CC2CCCC2C1. The second kappa shape index (κ2) is 4.56. The van der Waals surface area contributed by atoms with Crippen molar-refractivity contribution in [3.63, 3.8) is 0 Å². The van der Waals surface area contributed by atoms with Gasteiger partial charge in [0, 0.05) is 4.88 Å². The zero-order chi connectivity index (χ0) is 14.0. The fourth-order valence-electron chi connectivity index (χ4n) is 4.84. The third-order valence-electron chi connectivity index (χ3n) is 6.03. The van der Waals surface area contributed by atoms with Crippen molar-refractivity contribution < 1.29 is 5.11 Å². The molecule has 3 aliphatic rings. The summed E-state index contributed by atoms with van der Waals surface area (Å²) in [4.78, 5) is 6.91. The first-order valence-electron chi connectivity index (χ1n) is 8.44. The number of aromatic nitrogens is 2. The molecule has 2 aromatic heterocycles. The number of fused-ring (bicyclic) bond motifs is 2. The third-order valence-corrected chi connectivity index (χ3v) is 7.31. The molecule has 112 valence electrons. The highest BCUT2D eigenvalue weighted by Crippen LogP contribution is 2.53. The first kappa shape index (κ1) is 12.7. The molecule has 3 aliphatic carbocycles. The summed E-state index contributed by atoms with van der Waals surface area (Å²) in [5.74, 6) is 2.97. The summed E-state index contributed by atoms with van der Waals surface area (Å²) in [5.41, 5.74) is 1.18. The molecule has 2 heterocycles. The van der Waals surface area contributed by atoms with Crippen molar-refractivity contribution in [2.24, 2.45) is 17.8 Å². The number of rotatable bonds is 3. The number of hydrogen-bond donors (Lipinski definition) is 1. The predicted molar refractivity (Wildman–Crippen MR) is 83.6 cm³/mol. The molecule has 3 unspecified atom stereocenters. The van der Waals surface area contributed by atoms with E-state index in [1.165, 1.54) is 60.3 Å². The van der Waals surface area contributed by atoms with E-state index in [0.717, 1.165) is 11.8 Å². The molecule has 0 saturated heterocycles. The van der Waals surface area contributed by atoms with E-state index in [9.17, 15) is 5.11 Å². The zero-order valence-corrected chi connectivity index (χ0v) is 13.1. The van der Waals surface area contributed by atoms with Crippen molar-refractivity contribution in [2.75, 3.05) is 0 Å². The molecule has 0 spiro atoms. The van der Waals surface area contributed by atoms with Crippen LogP contribution in [0.25, 0.3) is 4.83 Å². The van der Waals surface area contributed by atoms with Crippen LogP contribution >= 0.6 is 11.3 Å². The lowest BCUT2D eigenvalue weighted by Gasteiger charge is -2.20. The molecule has 3 fully saturated rings. The number of aliphatic hydroxyl groups excluding tert-OH is 1. The first-order valence-corrected chi connectivity index (χ1v) is 9.25. The molecule has 0 amide bonds. The van der Waals surface area contributed by atoms with Crippen molar-refractivity contribution in [1.29, 1.82) is 0 Å². The summed E-state index contributed by atoms with van der Waals surface area (Å²) in [7, 11) is 0. The Labute approximate surface area is 129 Å². The number of nitrogens with zero attached hydrogens (tertiary/aromatic N) is 2. The second-order valence-corrected chi connectivity index (χ2v) is 8.42. The monoisotopic (exact) mass is 302 g/mol. The lowest BCUT2D eigenvalue weighted by molar-refractivity contribution is 0.101. The van der Waals surface area contributed by atoms with Crippen LogP contribution in [0.3, 0.4) is 0 Å². The average molecular weight is 302 g/mol. The summed E-state index contributed by atoms with van der Waals surface area (Å²) < 4.78 is 2.16. The molecule has 3 atom stereocenters. The molecule has 0 bridgehead atoms. The first-order chi connectivity index (χ1) is 10.3. The summed E-state index contributed by atoms with van der Waals surface area (Å²) >= 11 is 1.85. The number of thiazole rings is 1. The molecule has 5 rings (SSSR count). The highest BCUT2D eigenvalue weighted by Gasteiger charge is 2.42. The standard InChI is InChI=1S/C17H22N2OS/c20-16(13-6-11-2-1-3-12(11)7-13)15-17(10-4-5-10)21-14-8-18-9-19(14)15/h8-13,16,20H,1-7H2. The maximum atomic E-state index is 11.1. The molecule has 1 N–H and O–H groups in total. The van der Waals surface area contributed by atoms with Crippen molar-refractivity contribution in [2.45, 2.75) is 57.0 Å². The van der Waals surface area contributed by atoms with Crippen LogP contribution in [0.4, 0.5) is 0 Å². The van der Waals surface area contributed by atoms with Crippen LogP contribution < -0.4 is 0 Å². The lowest BCUT2D eigenvalue weighted by Crippen LogP contribution is -2.14. The predicted octanol–water partition coefficient (Wildman–Crippen LogP) is 4.13. The molecule has 4 heteroatoms. The van der Waals surface area contributed by atoms with Crippen molar-refractivity contribution in [3.8, 4) is 0 Å². The Balaban J connectivity index is 1.51. The third kappa shape index (κ3) is 1.92. The largest absolute Gasteiger partial charge is 0.387 e. The molecule has 2 aromatic rings. The molecular weight excluding hydrogens is 280 g/mol. The Hall–Kier alpha value is -0.870. The van der Waals surface area contributed by atoms with Crippen LogP contribution in [0.1, 0.15) is 67.5 Å². The molecule has 0 aromatic carbocycles. The summed E-state index contributed by atoms with van der Waals surface area (Å²) in [6, 6.07) is 0. The van der Waals surface area contributed by atoms with E-state index >= 15 is 0 Å². The Kier molecular flexibility index (Phi) is 2.75. The molecular formula is C17H22N2OS. The molecule has 21 heavy (non-hydrogen) atoms. The molecule has 3 saturated carbocycles. The second-order valence-electron chi connectivity index (χ2n) is 7.36. The van der Waals surface area contributed by atoms with Crippen LogP contribution in [0, 0.1) is 17.8 Å². The maximum absolute atomic E-state index is 11.1. The van der Waals surface area contributed by atoms with Gasteiger partial charge in [-0.25, -0.2) is 4.98 Å². The average Bonchev–Trinajstić information content (AvgIpc) is 2.83. The summed E-state index contributed by atoms with van der Waals surface area (Å²) in [5, 5.41) is 11.1. The zero-order valence-electron chi connectivity index (χ0n) is 12.2. The van der Waals surface area contributed by atoms with Gasteiger partial charge in [0.25, 0.3) is 0 Å². The maximum Gasteiger partial charge on any atom is 0.120 e. The van der Waals surface area contributed by atoms with Crippen molar-refractivity contribution in [1.82, 2.24) is 9.38 Å². The molecule has 0 radical (unpaired) electrons. The van der Waals surface area contributed by atoms with Gasteiger partial charge in [0.1, 0.15) is 11.2 Å². The van der Waals surface area contributed by atoms with Gasteiger partial charge in [-0.15, -0.1) is 11.3 Å².